The van der Waals surface area contributed by atoms with Gasteiger partial charge in [0.1, 0.15) is 0 Å². The van der Waals surface area contributed by atoms with Crippen LogP contribution >= 0.6 is 0 Å². The highest BCUT2D eigenvalue weighted by atomic mass is 16.1. The highest BCUT2D eigenvalue weighted by Gasteiger charge is 2.21. The Bertz CT molecular complexity index is 896. The predicted octanol–water partition coefficient (Wildman–Crippen LogP) is 4.79. The van der Waals surface area contributed by atoms with Crippen LogP contribution in [-0.2, 0) is 17.9 Å². The van der Waals surface area contributed by atoms with Crippen LogP contribution in [0.25, 0.3) is 11.3 Å². The average molecular weight is 374 g/mol. The molecule has 1 aliphatic carbocycles. The summed E-state index contributed by atoms with van der Waals surface area (Å²) in [6.45, 7) is 1.24. The first-order valence-corrected chi connectivity index (χ1v) is 10.2. The second-order valence-corrected chi connectivity index (χ2v) is 7.60. The summed E-state index contributed by atoms with van der Waals surface area (Å²) in [5, 5.41) is 8.00. The Morgan fingerprint density at radius 3 is 2.36 bits per heavy atom. The van der Waals surface area contributed by atoms with Crippen LogP contribution in [0.3, 0.4) is 0 Å². The summed E-state index contributed by atoms with van der Waals surface area (Å²) in [7, 11) is 0. The van der Waals surface area contributed by atoms with Gasteiger partial charge in [-0.3, -0.25) is 9.48 Å². The fourth-order valence-corrected chi connectivity index (χ4v) is 3.97. The zero-order chi connectivity index (χ0) is 19.2. The van der Waals surface area contributed by atoms with Gasteiger partial charge < -0.3 is 5.32 Å². The Morgan fingerprint density at radius 1 is 0.964 bits per heavy atom. The predicted molar refractivity (Wildman–Crippen MR) is 112 cm³/mol. The molecule has 0 bridgehead atoms. The summed E-state index contributed by atoms with van der Waals surface area (Å²) in [5.41, 5.74) is 4.30. The highest BCUT2D eigenvalue weighted by Crippen LogP contribution is 2.25. The van der Waals surface area contributed by atoms with Crippen molar-refractivity contribution in [2.45, 2.75) is 45.2 Å². The van der Waals surface area contributed by atoms with Crippen molar-refractivity contribution in [2.24, 2.45) is 5.92 Å². The highest BCUT2D eigenvalue weighted by molar-refractivity contribution is 5.79. The second kappa shape index (κ2) is 8.87. The second-order valence-electron chi connectivity index (χ2n) is 7.60. The first-order chi connectivity index (χ1) is 13.8. The minimum atomic E-state index is 0.174. The van der Waals surface area contributed by atoms with Crippen molar-refractivity contribution < 1.29 is 4.79 Å². The Balaban J connectivity index is 1.53. The van der Waals surface area contributed by atoms with Crippen molar-refractivity contribution in [2.75, 3.05) is 0 Å². The first-order valence-electron chi connectivity index (χ1n) is 10.2. The van der Waals surface area contributed by atoms with E-state index in [1.807, 2.05) is 41.1 Å². The van der Waals surface area contributed by atoms with Gasteiger partial charge in [-0.1, -0.05) is 79.9 Å². The molecule has 28 heavy (non-hydrogen) atoms. The van der Waals surface area contributed by atoms with Crippen molar-refractivity contribution in [1.29, 1.82) is 0 Å². The molecular formula is C24H27N3O. The number of aromatic nitrogens is 2. The lowest BCUT2D eigenvalue weighted by molar-refractivity contribution is -0.126. The van der Waals surface area contributed by atoms with Crippen LogP contribution in [0.15, 0.2) is 66.9 Å². The van der Waals surface area contributed by atoms with Gasteiger partial charge in [-0.25, -0.2) is 0 Å². The van der Waals surface area contributed by atoms with E-state index in [1.165, 1.54) is 24.8 Å². The topological polar surface area (TPSA) is 46.9 Å². The maximum atomic E-state index is 12.6. The molecule has 1 aliphatic rings. The van der Waals surface area contributed by atoms with E-state index in [1.54, 1.807) is 0 Å². The summed E-state index contributed by atoms with van der Waals surface area (Å²) >= 11 is 0. The monoisotopic (exact) mass is 373 g/mol. The number of benzene rings is 2. The molecule has 4 rings (SSSR count). The van der Waals surface area contributed by atoms with Gasteiger partial charge in [-0.15, -0.1) is 0 Å². The van der Waals surface area contributed by atoms with Gasteiger partial charge in [0, 0.05) is 29.8 Å². The van der Waals surface area contributed by atoms with Gasteiger partial charge in [0.2, 0.25) is 5.91 Å². The van der Waals surface area contributed by atoms with Gasteiger partial charge in [0.05, 0.1) is 12.2 Å². The average Bonchev–Trinajstić information content (AvgIpc) is 3.16. The maximum Gasteiger partial charge on any atom is 0.223 e. The molecule has 1 heterocycles. The van der Waals surface area contributed by atoms with Gasteiger partial charge >= 0.3 is 0 Å². The lowest BCUT2D eigenvalue weighted by Crippen LogP contribution is -2.31. The largest absolute Gasteiger partial charge is 0.352 e. The Labute approximate surface area is 166 Å². The molecule has 3 aromatic rings. The fourth-order valence-electron chi connectivity index (χ4n) is 3.97. The molecule has 0 saturated heterocycles. The fraction of sp³-hybridized carbons (Fsp3) is 0.333. The molecule has 1 aromatic heterocycles. The number of nitrogens with one attached hydrogen (secondary N) is 1. The third-order valence-corrected chi connectivity index (χ3v) is 5.50. The summed E-state index contributed by atoms with van der Waals surface area (Å²) in [4.78, 5) is 12.6. The van der Waals surface area contributed by atoms with Crippen LogP contribution in [0.4, 0.5) is 0 Å². The van der Waals surface area contributed by atoms with Gasteiger partial charge in [-0.05, 0) is 18.4 Å². The van der Waals surface area contributed by atoms with Crippen LogP contribution in [0, 0.1) is 5.92 Å². The molecule has 1 amide bonds. The summed E-state index contributed by atoms with van der Waals surface area (Å²) < 4.78 is 1.97. The lowest BCUT2D eigenvalue weighted by Gasteiger charge is -2.20. The van der Waals surface area contributed by atoms with Crippen LogP contribution in [0.5, 0.6) is 0 Å². The molecule has 2 aromatic carbocycles. The number of amides is 1. The number of hydrogen-bond acceptors (Lipinski definition) is 2. The minimum absolute atomic E-state index is 0.174. The molecule has 1 saturated carbocycles. The smallest absolute Gasteiger partial charge is 0.223 e. The molecule has 4 heteroatoms. The van der Waals surface area contributed by atoms with Crippen LogP contribution in [0.2, 0.25) is 0 Å². The summed E-state index contributed by atoms with van der Waals surface area (Å²) in [6.07, 6.45) is 7.70. The van der Waals surface area contributed by atoms with E-state index in [0.29, 0.717) is 6.54 Å². The lowest BCUT2D eigenvalue weighted by atomic mass is 9.88. The molecular weight excluding hydrogens is 346 g/mol. The maximum absolute atomic E-state index is 12.6. The Kier molecular flexibility index (Phi) is 5.86. The third kappa shape index (κ3) is 4.50. The van der Waals surface area contributed by atoms with E-state index < -0.39 is 0 Å². The number of carbonyl (C=O) groups excluding carboxylic acids is 1. The normalized spacial score (nSPS) is 14.7. The molecule has 0 unspecified atom stereocenters. The van der Waals surface area contributed by atoms with Crippen molar-refractivity contribution >= 4 is 5.91 Å². The van der Waals surface area contributed by atoms with Crippen molar-refractivity contribution in [3.05, 3.63) is 78.0 Å². The number of hydrogen-bond donors (Lipinski definition) is 1. The number of carbonyl (C=O) groups is 1. The zero-order valence-electron chi connectivity index (χ0n) is 16.2. The summed E-state index contributed by atoms with van der Waals surface area (Å²) in [6, 6.07) is 20.5. The van der Waals surface area contributed by atoms with Crippen LogP contribution in [-0.4, -0.2) is 15.7 Å². The minimum Gasteiger partial charge on any atom is -0.352 e. The third-order valence-electron chi connectivity index (χ3n) is 5.50. The molecule has 144 valence electrons. The zero-order valence-corrected chi connectivity index (χ0v) is 16.2. The van der Waals surface area contributed by atoms with Gasteiger partial charge in [0.25, 0.3) is 0 Å². The molecule has 0 spiro atoms. The van der Waals surface area contributed by atoms with E-state index >= 15 is 0 Å². The van der Waals surface area contributed by atoms with Crippen molar-refractivity contribution in [3.8, 4) is 11.3 Å². The first kappa shape index (κ1) is 18.5. The summed E-state index contributed by atoms with van der Waals surface area (Å²) in [5.74, 6) is 0.364. The molecule has 1 fully saturated rings. The standard InChI is InChI=1S/C24H27N3O/c28-24(21-14-8-3-9-15-21)25-16-22-18-27(17-19-10-4-1-5-11-19)26-23(22)20-12-6-2-7-13-20/h1-2,4-7,10-13,18,21H,3,8-9,14-17H2,(H,25,28). The van der Waals surface area contributed by atoms with E-state index in [-0.39, 0.29) is 11.8 Å². The van der Waals surface area contributed by atoms with Crippen LogP contribution < -0.4 is 5.32 Å². The Hall–Kier alpha value is -2.88. The van der Waals surface area contributed by atoms with Crippen LogP contribution in [0.1, 0.15) is 43.2 Å². The van der Waals surface area contributed by atoms with E-state index in [4.69, 9.17) is 5.10 Å². The van der Waals surface area contributed by atoms with E-state index in [0.717, 1.165) is 36.2 Å². The van der Waals surface area contributed by atoms with Crippen molar-refractivity contribution in [3.63, 3.8) is 0 Å². The van der Waals surface area contributed by atoms with Gasteiger partial charge in [0.15, 0.2) is 0 Å². The SMILES string of the molecule is O=C(NCc1cn(Cc2ccccc2)nc1-c1ccccc1)C1CCCCC1. The molecule has 1 N–H and O–H groups in total. The van der Waals surface area contributed by atoms with E-state index in [9.17, 15) is 4.79 Å². The van der Waals surface area contributed by atoms with E-state index in [2.05, 4.69) is 35.8 Å². The molecule has 0 aliphatic heterocycles. The van der Waals surface area contributed by atoms with Crippen molar-refractivity contribution in [1.82, 2.24) is 15.1 Å². The quantitative estimate of drug-likeness (QED) is 0.675. The number of rotatable bonds is 6. The number of nitrogens with zero attached hydrogens (tertiary/aromatic N) is 2. The molecule has 4 nitrogen and oxygen atoms in total. The van der Waals surface area contributed by atoms with Gasteiger partial charge in [-0.2, -0.15) is 5.10 Å². The molecule has 0 atom stereocenters. The Morgan fingerprint density at radius 2 is 1.64 bits per heavy atom. The molecule has 0 radical (unpaired) electrons.